The molecule has 0 bridgehead atoms. The van der Waals surface area contributed by atoms with Crippen LogP contribution in [0.2, 0.25) is 0 Å². The van der Waals surface area contributed by atoms with E-state index in [2.05, 4.69) is 5.32 Å². The summed E-state index contributed by atoms with van der Waals surface area (Å²) in [6.45, 7) is 1.31. The molecule has 134 valence electrons. The van der Waals surface area contributed by atoms with E-state index in [1.54, 1.807) is 4.90 Å². The Bertz CT molecular complexity index is 649. The number of hydrogen-bond donors (Lipinski definition) is 2. The van der Waals surface area contributed by atoms with Gasteiger partial charge in [0.25, 0.3) is 0 Å². The highest BCUT2D eigenvalue weighted by Gasteiger charge is 2.42. The maximum atomic E-state index is 12.8. The van der Waals surface area contributed by atoms with Gasteiger partial charge in [-0.25, -0.2) is 4.79 Å². The predicted octanol–water partition coefficient (Wildman–Crippen LogP) is 1.44. The van der Waals surface area contributed by atoms with E-state index in [1.165, 1.54) is 4.90 Å². The number of carbonyl (C=O) groups is 3. The Kier molecular flexibility index (Phi) is 5.21. The first-order valence-corrected chi connectivity index (χ1v) is 8.69. The van der Waals surface area contributed by atoms with Crippen molar-refractivity contribution in [2.45, 2.75) is 44.3 Å². The lowest BCUT2D eigenvalue weighted by molar-refractivity contribution is -0.141. The fourth-order valence-electron chi connectivity index (χ4n) is 3.65. The van der Waals surface area contributed by atoms with Crippen LogP contribution in [0.5, 0.6) is 0 Å². The fraction of sp³-hybridized carbons (Fsp3) is 0.500. The Morgan fingerprint density at radius 3 is 2.32 bits per heavy atom. The zero-order valence-corrected chi connectivity index (χ0v) is 14.1. The average molecular weight is 345 g/mol. The number of hydrogen-bond acceptors (Lipinski definition) is 3. The molecule has 2 N–H and O–H groups in total. The Hall–Kier alpha value is -2.57. The smallest absolute Gasteiger partial charge is 0.407 e. The van der Waals surface area contributed by atoms with Crippen LogP contribution >= 0.6 is 0 Å². The maximum Gasteiger partial charge on any atom is 0.407 e. The molecule has 0 aromatic heterocycles. The third-order valence-electron chi connectivity index (χ3n) is 4.93. The summed E-state index contributed by atoms with van der Waals surface area (Å²) in [6, 6.07) is 8.44. The van der Waals surface area contributed by atoms with Crippen LogP contribution in [-0.4, -0.2) is 58.0 Å². The van der Waals surface area contributed by atoms with E-state index in [-0.39, 0.29) is 11.8 Å². The van der Waals surface area contributed by atoms with Gasteiger partial charge in [-0.3, -0.25) is 14.5 Å². The number of nitrogens with one attached hydrogen (secondary N) is 1. The molecule has 2 unspecified atom stereocenters. The third kappa shape index (κ3) is 3.75. The second kappa shape index (κ2) is 7.55. The lowest BCUT2D eigenvalue weighted by atomic mass is 10.1. The molecular weight excluding hydrogens is 322 g/mol. The number of benzene rings is 1. The number of amides is 3. The Morgan fingerprint density at radius 2 is 1.64 bits per heavy atom. The SMILES string of the molecule is O=C(NCc1ccccc1)C1CCCN1C(=O)C1CCCN1C(=O)O. The van der Waals surface area contributed by atoms with Crippen LogP contribution in [0.15, 0.2) is 30.3 Å². The van der Waals surface area contributed by atoms with Crippen LogP contribution in [0.3, 0.4) is 0 Å². The Labute approximate surface area is 146 Å². The third-order valence-corrected chi connectivity index (χ3v) is 4.93. The molecule has 2 heterocycles. The lowest BCUT2D eigenvalue weighted by Crippen LogP contribution is -2.52. The largest absolute Gasteiger partial charge is 0.465 e. The second-order valence-electron chi connectivity index (χ2n) is 6.53. The molecule has 2 aliphatic heterocycles. The second-order valence-corrected chi connectivity index (χ2v) is 6.53. The molecule has 2 fully saturated rings. The van der Waals surface area contributed by atoms with E-state index in [9.17, 15) is 19.5 Å². The summed E-state index contributed by atoms with van der Waals surface area (Å²) >= 11 is 0. The molecule has 0 saturated carbocycles. The molecule has 0 radical (unpaired) electrons. The predicted molar refractivity (Wildman–Crippen MR) is 90.8 cm³/mol. The van der Waals surface area contributed by atoms with Crippen molar-refractivity contribution in [1.82, 2.24) is 15.1 Å². The summed E-state index contributed by atoms with van der Waals surface area (Å²) in [5, 5.41) is 12.1. The molecule has 0 spiro atoms. The van der Waals surface area contributed by atoms with Crippen molar-refractivity contribution < 1.29 is 19.5 Å². The summed E-state index contributed by atoms with van der Waals surface area (Å²) in [5.41, 5.74) is 1.000. The number of nitrogens with zero attached hydrogens (tertiary/aromatic N) is 2. The molecule has 7 heteroatoms. The molecule has 2 saturated heterocycles. The van der Waals surface area contributed by atoms with E-state index >= 15 is 0 Å². The Balaban J connectivity index is 1.62. The number of likely N-dealkylation sites (tertiary alicyclic amines) is 2. The average Bonchev–Trinajstić information content (AvgIpc) is 3.29. The lowest BCUT2D eigenvalue weighted by Gasteiger charge is -2.29. The van der Waals surface area contributed by atoms with Gasteiger partial charge in [-0.15, -0.1) is 0 Å². The molecule has 2 atom stereocenters. The van der Waals surface area contributed by atoms with E-state index in [0.717, 1.165) is 12.0 Å². The van der Waals surface area contributed by atoms with Gasteiger partial charge in [0.15, 0.2) is 0 Å². The van der Waals surface area contributed by atoms with E-state index in [4.69, 9.17) is 0 Å². The molecule has 0 aliphatic carbocycles. The first-order chi connectivity index (χ1) is 12.1. The molecule has 1 aromatic rings. The minimum Gasteiger partial charge on any atom is -0.465 e. The van der Waals surface area contributed by atoms with E-state index in [1.807, 2.05) is 30.3 Å². The van der Waals surface area contributed by atoms with Crippen molar-refractivity contribution >= 4 is 17.9 Å². The van der Waals surface area contributed by atoms with Crippen molar-refractivity contribution in [3.8, 4) is 0 Å². The zero-order valence-electron chi connectivity index (χ0n) is 14.1. The van der Waals surface area contributed by atoms with Gasteiger partial charge in [0, 0.05) is 19.6 Å². The van der Waals surface area contributed by atoms with Crippen molar-refractivity contribution in [2.75, 3.05) is 13.1 Å². The fourth-order valence-corrected chi connectivity index (χ4v) is 3.65. The zero-order chi connectivity index (χ0) is 17.8. The van der Waals surface area contributed by atoms with Crippen LogP contribution in [0, 0.1) is 0 Å². The van der Waals surface area contributed by atoms with Crippen LogP contribution in [-0.2, 0) is 16.1 Å². The van der Waals surface area contributed by atoms with Gasteiger partial charge in [0.1, 0.15) is 12.1 Å². The molecule has 25 heavy (non-hydrogen) atoms. The minimum absolute atomic E-state index is 0.172. The molecule has 3 rings (SSSR count). The van der Waals surface area contributed by atoms with Gasteiger partial charge in [-0.1, -0.05) is 30.3 Å². The highest BCUT2D eigenvalue weighted by Crippen LogP contribution is 2.25. The minimum atomic E-state index is -1.07. The normalized spacial score (nSPS) is 22.9. The van der Waals surface area contributed by atoms with Crippen molar-refractivity contribution in [3.63, 3.8) is 0 Å². The summed E-state index contributed by atoms with van der Waals surface area (Å²) in [4.78, 5) is 39.4. The summed E-state index contributed by atoms with van der Waals surface area (Å²) < 4.78 is 0. The summed E-state index contributed by atoms with van der Waals surface area (Å²) in [5.74, 6) is -0.410. The summed E-state index contributed by atoms with van der Waals surface area (Å²) in [6.07, 6.45) is 1.52. The first kappa shape index (κ1) is 17.3. The van der Waals surface area contributed by atoms with Gasteiger partial charge in [-0.05, 0) is 31.2 Å². The van der Waals surface area contributed by atoms with Crippen molar-refractivity contribution in [3.05, 3.63) is 35.9 Å². The monoisotopic (exact) mass is 345 g/mol. The number of rotatable bonds is 4. The molecule has 3 amide bonds. The molecule has 2 aliphatic rings. The van der Waals surface area contributed by atoms with Gasteiger partial charge < -0.3 is 15.3 Å². The van der Waals surface area contributed by atoms with Crippen molar-refractivity contribution in [2.24, 2.45) is 0 Å². The maximum absolute atomic E-state index is 12.8. The number of carbonyl (C=O) groups excluding carboxylic acids is 2. The topological polar surface area (TPSA) is 90.0 Å². The molecular formula is C18H23N3O4. The quantitative estimate of drug-likeness (QED) is 0.864. The van der Waals surface area contributed by atoms with Gasteiger partial charge in [0.05, 0.1) is 0 Å². The highest BCUT2D eigenvalue weighted by molar-refractivity contribution is 5.92. The standard InChI is InChI=1S/C18H23N3O4/c22-16(19-12-13-6-2-1-3-7-13)14-8-4-10-20(14)17(23)15-9-5-11-21(15)18(24)25/h1-3,6-7,14-15H,4-5,8-12H2,(H,19,22)(H,24,25). The van der Waals surface area contributed by atoms with Crippen molar-refractivity contribution in [1.29, 1.82) is 0 Å². The molecule has 1 aromatic carbocycles. The van der Waals surface area contributed by atoms with E-state index in [0.29, 0.717) is 38.9 Å². The van der Waals surface area contributed by atoms with E-state index < -0.39 is 18.2 Å². The van der Waals surface area contributed by atoms with Gasteiger partial charge >= 0.3 is 6.09 Å². The number of carboxylic acid groups (broad SMARTS) is 1. The van der Waals surface area contributed by atoms with Gasteiger partial charge in [-0.2, -0.15) is 0 Å². The Morgan fingerprint density at radius 1 is 1.00 bits per heavy atom. The first-order valence-electron chi connectivity index (χ1n) is 8.69. The van der Waals surface area contributed by atoms with Crippen LogP contribution in [0.25, 0.3) is 0 Å². The summed E-state index contributed by atoms with van der Waals surface area (Å²) in [7, 11) is 0. The van der Waals surface area contributed by atoms with Crippen LogP contribution in [0.4, 0.5) is 4.79 Å². The van der Waals surface area contributed by atoms with Crippen LogP contribution < -0.4 is 5.32 Å². The highest BCUT2D eigenvalue weighted by atomic mass is 16.4. The van der Waals surface area contributed by atoms with Gasteiger partial charge in [0.2, 0.25) is 11.8 Å². The van der Waals surface area contributed by atoms with Crippen LogP contribution in [0.1, 0.15) is 31.2 Å². The molecule has 7 nitrogen and oxygen atoms in total.